The van der Waals surface area contributed by atoms with Crippen LogP contribution in [-0.4, -0.2) is 4.98 Å². The number of aromatic nitrogens is 1. The van der Waals surface area contributed by atoms with Crippen molar-refractivity contribution in [1.82, 2.24) is 4.98 Å². The molecule has 0 N–H and O–H groups in total. The van der Waals surface area contributed by atoms with Crippen LogP contribution in [0.3, 0.4) is 0 Å². The Morgan fingerprint density at radius 1 is 1.27 bits per heavy atom. The zero-order valence-electron chi connectivity index (χ0n) is 9.23. The molecule has 0 atom stereocenters. The first-order chi connectivity index (χ1) is 7.20. The van der Waals surface area contributed by atoms with Crippen molar-refractivity contribution in [2.75, 3.05) is 0 Å². The number of rotatable bonds is 0. The van der Waals surface area contributed by atoms with Crippen LogP contribution in [0.2, 0.25) is 0 Å². The number of terminal acetylenes is 1. The van der Waals surface area contributed by atoms with Gasteiger partial charge in [-0.2, -0.15) is 0 Å². The molecule has 2 aromatic rings. The Morgan fingerprint density at radius 2 is 1.93 bits per heavy atom. The van der Waals surface area contributed by atoms with E-state index in [1.807, 2.05) is 12.3 Å². The number of hydrogen-bond donors (Lipinski definition) is 0. The summed E-state index contributed by atoms with van der Waals surface area (Å²) in [4.78, 5) is 5.32. The van der Waals surface area contributed by atoms with Crippen molar-refractivity contribution >= 4 is 22.7 Å². The maximum Gasteiger partial charge on any atom is 0.0893 e. The molecule has 0 spiro atoms. The monoisotopic (exact) mass is 237 g/mol. The molecule has 3 heteroatoms. The summed E-state index contributed by atoms with van der Waals surface area (Å²) < 4.78 is 0. The third-order valence-corrected chi connectivity index (χ3v) is 2.72. The summed E-state index contributed by atoms with van der Waals surface area (Å²) in [6, 6.07) is 4.16. The van der Waals surface area contributed by atoms with E-state index >= 15 is 0 Å². The number of hydrogen-bond acceptors (Lipinski definition) is 3. The van der Waals surface area contributed by atoms with Gasteiger partial charge >= 0.3 is 0 Å². The SMILES string of the molecule is C#CC.Cc1cccs1.Cc1nccs1. The highest BCUT2D eigenvalue weighted by Gasteiger charge is 1.76. The Morgan fingerprint density at radius 3 is 2.07 bits per heavy atom. The predicted molar refractivity (Wildman–Crippen MR) is 70.4 cm³/mol. The van der Waals surface area contributed by atoms with E-state index in [1.165, 1.54) is 4.88 Å². The van der Waals surface area contributed by atoms with Gasteiger partial charge in [-0.15, -0.1) is 35.0 Å². The maximum absolute atomic E-state index is 4.60. The van der Waals surface area contributed by atoms with Gasteiger partial charge in [-0.3, -0.25) is 4.98 Å². The first-order valence-corrected chi connectivity index (χ1v) is 6.20. The van der Waals surface area contributed by atoms with E-state index < -0.39 is 0 Å². The van der Waals surface area contributed by atoms with Crippen molar-refractivity contribution in [1.29, 1.82) is 0 Å². The van der Waals surface area contributed by atoms with Gasteiger partial charge in [0.25, 0.3) is 0 Å². The molecule has 15 heavy (non-hydrogen) atoms. The van der Waals surface area contributed by atoms with Crippen LogP contribution in [0, 0.1) is 26.2 Å². The molecule has 0 radical (unpaired) electrons. The number of thiophene rings is 1. The van der Waals surface area contributed by atoms with E-state index in [2.05, 4.69) is 41.8 Å². The molecule has 2 rings (SSSR count). The topological polar surface area (TPSA) is 12.9 Å². The van der Waals surface area contributed by atoms with Crippen molar-refractivity contribution < 1.29 is 0 Å². The van der Waals surface area contributed by atoms with Gasteiger partial charge < -0.3 is 0 Å². The summed E-state index contributed by atoms with van der Waals surface area (Å²) in [7, 11) is 0. The predicted octanol–water partition coefficient (Wildman–Crippen LogP) is 4.15. The van der Waals surface area contributed by atoms with Crippen LogP contribution in [0.4, 0.5) is 0 Å². The van der Waals surface area contributed by atoms with Gasteiger partial charge in [0.2, 0.25) is 0 Å². The van der Waals surface area contributed by atoms with E-state index in [1.54, 1.807) is 35.8 Å². The summed E-state index contributed by atoms with van der Waals surface area (Å²) in [6.07, 6.45) is 6.40. The van der Waals surface area contributed by atoms with E-state index in [9.17, 15) is 0 Å². The minimum Gasteiger partial charge on any atom is -0.250 e. The van der Waals surface area contributed by atoms with Gasteiger partial charge in [-0.05, 0) is 32.2 Å². The summed E-state index contributed by atoms with van der Waals surface area (Å²) in [5, 5.41) is 5.18. The molecule has 0 amide bonds. The van der Waals surface area contributed by atoms with Crippen LogP contribution in [0.5, 0.6) is 0 Å². The van der Waals surface area contributed by atoms with Gasteiger partial charge in [0.15, 0.2) is 0 Å². The summed E-state index contributed by atoms with van der Waals surface area (Å²) in [5.41, 5.74) is 0. The smallest absolute Gasteiger partial charge is 0.0893 e. The highest BCUT2D eigenvalue weighted by molar-refractivity contribution is 7.09. The maximum atomic E-state index is 4.60. The highest BCUT2D eigenvalue weighted by atomic mass is 32.1. The molecule has 0 aliphatic rings. The molecule has 0 bridgehead atoms. The fourth-order valence-corrected chi connectivity index (χ4v) is 1.62. The minimum absolute atomic E-state index is 1.13. The second-order valence-corrected chi connectivity index (χ2v) is 4.81. The van der Waals surface area contributed by atoms with Gasteiger partial charge in [-0.1, -0.05) is 6.07 Å². The molecule has 0 saturated heterocycles. The molecular weight excluding hydrogens is 222 g/mol. The van der Waals surface area contributed by atoms with E-state index in [0.29, 0.717) is 0 Å². The molecule has 0 unspecified atom stereocenters. The van der Waals surface area contributed by atoms with Crippen LogP contribution in [0.25, 0.3) is 0 Å². The Bertz CT molecular complexity index is 322. The van der Waals surface area contributed by atoms with Crippen LogP contribution in [-0.2, 0) is 0 Å². The second-order valence-electron chi connectivity index (χ2n) is 2.56. The average molecular weight is 237 g/mol. The van der Waals surface area contributed by atoms with Crippen LogP contribution < -0.4 is 0 Å². The number of aryl methyl sites for hydroxylation is 2. The molecule has 2 heterocycles. The Balaban J connectivity index is 0.000000210. The molecule has 1 nitrogen and oxygen atoms in total. The summed E-state index contributed by atoms with van der Waals surface area (Å²) >= 11 is 3.44. The van der Waals surface area contributed by atoms with Crippen molar-refractivity contribution in [3.63, 3.8) is 0 Å². The van der Waals surface area contributed by atoms with Gasteiger partial charge in [0, 0.05) is 16.5 Å². The number of thiazole rings is 1. The lowest BCUT2D eigenvalue weighted by atomic mass is 10.5. The molecule has 0 aromatic carbocycles. The largest absolute Gasteiger partial charge is 0.250 e. The summed E-state index contributed by atoms with van der Waals surface area (Å²) in [5.74, 6) is 2.25. The third-order valence-electron chi connectivity index (χ3n) is 1.22. The molecular formula is C12H15NS2. The Hall–Kier alpha value is -1.11. The van der Waals surface area contributed by atoms with E-state index in [0.717, 1.165) is 5.01 Å². The van der Waals surface area contributed by atoms with Gasteiger partial charge in [-0.25, -0.2) is 0 Å². The fraction of sp³-hybridized carbons (Fsp3) is 0.250. The average Bonchev–Trinajstić information content (AvgIpc) is 2.81. The Labute approximate surface area is 99.8 Å². The molecule has 0 aliphatic heterocycles. The molecule has 80 valence electrons. The van der Waals surface area contributed by atoms with E-state index in [4.69, 9.17) is 0 Å². The lowest BCUT2D eigenvalue weighted by molar-refractivity contribution is 1.30. The standard InChI is InChI=1S/C5H6S.C4H5NS.C3H4/c1-5-3-2-4-6-5;1-4-5-2-3-6-4;1-3-2/h2-4H,1H3;2-3H,1H3;1H,2H3. The van der Waals surface area contributed by atoms with Crippen LogP contribution in [0.1, 0.15) is 16.8 Å². The van der Waals surface area contributed by atoms with Crippen molar-refractivity contribution in [2.45, 2.75) is 20.8 Å². The van der Waals surface area contributed by atoms with Crippen LogP contribution in [0.15, 0.2) is 29.1 Å². The molecule has 0 saturated carbocycles. The van der Waals surface area contributed by atoms with Crippen molar-refractivity contribution in [3.8, 4) is 12.3 Å². The third kappa shape index (κ3) is 9.20. The first kappa shape index (κ1) is 13.9. The zero-order valence-corrected chi connectivity index (χ0v) is 10.9. The number of nitrogens with zero attached hydrogens (tertiary/aromatic N) is 1. The minimum atomic E-state index is 1.13. The van der Waals surface area contributed by atoms with Crippen molar-refractivity contribution in [3.05, 3.63) is 39.0 Å². The van der Waals surface area contributed by atoms with E-state index in [-0.39, 0.29) is 0 Å². The Kier molecular flexibility index (Phi) is 8.75. The van der Waals surface area contributed by atoms with Crippen LogP contribution >= 0.6 is 22.7 Å². The van der Waals surface area contributed by atoms with Gasteiger partial charge in [0.05, 0.1) is 5.01 Å². The highest BCUT2D eigenvalue weighted by Crippen LogP contribution is 2.03. The quantitative estimate of drug-likeness (QED) is 0.627. The lowest BCUT2D eigenvalue weighted by Gasteiger charge is -1.65. The zero-order chi connectivity index (χ0) is 11.5. The normalized spacial score (nSPS) is 7.60. The lowest BCUT2D eigenvalue weighted by Crippen LogP contribution is -1.56. The molecule has 2 aromatic heterocycles. The van der Waals surface area contributed by atoms with Crippen molar-refractivity contribution in [2.24, 2.45) is 0 Å². The second kappa shape index (κ2) is 9.45. The van der Waals surface area contributed by atoms with Gasteiger partial charge in [0.1, 0.15) is 0 Å². The summed E-state index contributed by atoms with van der Waals surface area (Å²) in [6.45, 7) is 5.75. The first-order valence-electron chi connectivity index (χ1n) is 4.44. The molecule has 0 aliphatic carbocycles. The fourth-order valence-electron chi connectivity index (χ4n) is 0.655. The molecule has 0 fully saturated rings.